The highest BCUT2D eigenvalue weighted by atomic mass is 32.1. The first-order valence-electron chi connectivity index (χ1n) is 6.36. The Morgan fingerprint density at radius 1 is 1.22 bits per heavy atom. The van der Waals surface area contributed by atoms with Crippen molar-refractivity contribution in [3.05, 3.63) is 52.0 Å². The third-order valence-electron chi connectivity index (χ3n) is 2.94. The Morgan fingerprint density at radius 2 is 1.94 bits per heavy atom. The molecule has 96 valence electrons. The number of nitrogens with one attached hydrogen (secondary N) is 1. The topological polar surface area (TPSA) is 24.9 Å². The van der Waals surface area contributed by atoms with Crippen LogP contribution in [0.5, 0.6) is 0 Å². The van der Waals surface area contributed by atoms with E-state index in [1.54, 1.807) is 11.3 Å². The summed E-state index contributed by atoms with van der Waals surface area (Å²) in [5.74, 6) is 0.704. The lowest BCUT2D eigenvalue weighted by molar-refractivity contribution is 0.645. The Kier molecular flexibility index (Phi) is 4.50. The fourth-order valence-electron chi connectivity index (χ4n) is 2.13. The van der Waals surface area contributed by atoms with E-state index in [0.717, 1.165) is 11.4 Å². The second kappa shape index (κ2) is 6.12. The molecule has 0 saturated carbocycles. The van der Waals surface area contributed by atoms with Crippen LogP contribution >= 0.6 is 11.3 Å². The normalized spacial score (nSPS) is 12.9. The molecular weight excluding hydrogens is 240 g/mol. The number of hydrogen-bond acceptors (Lipinski definition) is 3. The standard InChI is InChI=1S/C15H20N2S/c1-11(2)10-12-4-6-13(7-5-12)14(16-3)15-17-8-9-18-15/h4-9,11,14,16H,10H2,1-3H3. The molecule has 0 fully saturated rings. The fourth-order valence-corrected chi connectivity index (χ4v) is 2.90. The molecule has 18 heavy (non-hydrogen) atoms. The predicted octanol–water partition coefficient (Wildman–Crippen LogP) is 3.65. The third-order valence-corrected chi connectivity index (χ3v) is 3.78. The summed E-state index contributed by atoms with van der Waals surface area (Å²) < 4.78 is 0. The average Bonchev–Trinajstić information content (AvgIpc) is 2.85. The van der Waals surface area contributed by atoms with Crippen molar-refractivity contribution in [2.75, 3.05) is 7.05 Å². The van der Waals surface area contributed by atoms with Crippen LogP contribution in [-0.4, -0.2) is 12.0 Å². The molecule has 0 aliphatic carbocycles. The number of hydrogen-bond donors (Lipinski definition) is 1. The van der Waals surface area contributed by atoms with Crippen LogP contribution in [0.2, 0.25) is 0 Å². The molecule has 0 radical (unpaired) electrons. The van der Waals surface area contributed by atoms with Crippen LogP contribution in [0.25, 0.3) is 0 Å². The second-order valence-electron chi connectivity index (χ2n) is 4.93. The molecule has 2 rings (SSSR count). The minimum atomic E-state index is 0.207. The molecule has 2 aromatic rings. The van der Waals surface area contributed by atoms with Gasteiger partial charge in [-0.15, -0.1) is 11.3 Å². The minimum Gasteiger partial charge on any atom is -0.307 e. The maximum absolute atomic E-state index is 4.39. The second-order valence-corrected chi connectivity index (χ2v) is 5.86. The van der Waals surface area contributed by atoms with E-state index in [1.807, 2.05) is 18.6 Å². The molecule has 0 amide bonds. The van der Waals surface area contributed by atoms with E-state index in [2.05, 4.69) is 48.4 Å². The molecule has 0 spiro atoms. The molecular formula is C15H20N2S. The van der Waals surface area contributed by atoms with E-state index < -0.39 is 0 Å². The molecule has 0 aliphatic rings. The number of rotatable bonds is 5. The molecule has 1 heterocycles. The maximum Gasteiger partial charge on any atom is 0.114 e. The minimum absolute atomic E-state index is 0.207. The van der Waals surface area contributed by atoms with Crippen molar-refractivity contribution in [2.24, 2.45) is 5.92 Å². The Labute approximate surface area is 113 Å². The first-order chi connectivity index (χ1) is 8.70. The number of thiazole rings is 1. The van der Waals surface area contributed by atoms with Gasteiger partial charge in [0, 0.05) is 11.6 Å². The van der Waals surface area contributed by atoms with Crippen molar-refractivity contribution in [3.8, 4) is 0 Å². The molecule has 1 unspecified atom stereocenters. The zero-order valence-corrected chi connectivity index (χ0v) is 12.0. The molecule has 2 nitrogen and oxygen atoms in total. The van der Waals surface area contributed by atoms with Gasteiger partial charge in [-0.2, -0.15) is 0 Å². The Morgan fingerprint density at radius 3 is 2.44 bits per heavy atom. The fraction of sp³-hybridized carbons (Fsp3) is 0.400. The summed E-state index contributed by atoms with van der Waals surface area (Å²) in [7, 11) is 1.98. The van der Waals surface area contributed by atoms with Crippen molar-refractivity contribution in [3.63, 3.8) is 0 Å². The largest absolute Gasteiger partial charge is 0.307 e. The number of benzene rings is 1. The van der Waals surface area contributed by atoms with Gasteiger partial charge in [0.2, 0.25) is 0 Å². The van der Waals surface area contributed by atoms with E-state index in [-0.39, 0.29) is 6.04 Å². The van der Waals surface area contributed by atoms with Crippen LogP contribution in [0.4, 0.5) is 0 Å². The van der Waals surface area contributed by atoms with Gasteiger partial charge in [0.15, 0.2) is 0 Å². The molecule has 1 aromatic heterocycles. The van der Waals surface area contributed by atoms with Crippen LogP contribution in [0.1, 0.15) is 36.0 Å². The summed E-state index contributed by atoms with van der Waals surface area (Å²) >= 11 is 1.69. The lowest BCUT2D eigenvalue weighted by Crippen LogP contribution is -2.17. The third kappa shape index (κ3) is 3.18. The molecule has 1 aromatic carbocycles. The smallest absolute Gasteiger partial charge is 0.114 e. The van der Waals surface area contributed by atoms with Gasteiger partial charge in [0.25, 0.3) is 0 Å². The van der Waals surface area contributed by atoms with Gasteiger partial charge in [0.1, 0.15) is 5.01 Å². The van der Waals surface area contributed by atoms with Gasteiger partial charge in [-0.05, 0) is 30.5 Å². The molecule has 1 atom stereocenters. The predicted molar refractivity (Wildman–Crippen MR) is 78.0 cm³/mol. The van der Waals surface area contributed by atoms with E-state index in [1.165, 1.54) is 11.1 Å². The van der Waals surface area contributed by atoms with E-state index >= 15 is 0 Å². The molecule has 3 heteroatoms. The van der Waals surface area contributed by atoms with Gasteiger partial charge >= 0.3 is 0 Å². The first kappa shape index (κ1) is 13.2. The van der Waals surface area contributed by atoms with Gasteiger partial charge in [-0.25, -0.2) is 4.98 Å². The van der Waals surface area contributed by atoms with Crippen LogP contribution in [0.15, 0.2) is 35.8 Å². The van der Waals surface area contributed by atoms with Crippen molar-refractivity contribution < 1.29 is 0 Å². The summed E-state index contributed by atoms with van der Waals surface area (Å²) in [6.45, 7) is 4.50. The van der Waals surface area contributed by atoms with Gasteiger partial charge < -0.3 is 5.32 Å². The van der Waals surface area contributed by atoms with Gasteiger partial charge in [-0.1, -0.05) is 38.1 Å². The van der Waals surface area contributed by atoms with Crippen LogP contribution < -0.4 is 5.32 Å². The van der Waals surface area contributed by atoms with E-state index in [9.17, 15) is 0 Å². The molecule has 0 aliphatic heterocycles. The summed E-state index contributed by atoms with van der Waals surface area (Å²) in [6, 6.07) is 9.08. The van der Waals surface area contributed by atoms with Crippen molar-refractivity contribution in [1.82, 2.24) is 10.3 Å². The summed E-state index contributed by atoms with van der Waals surface area (Å²) in [4.78, 5) is 4.39. The van der Waals surface area contributed by atoms with Crippen molar-refractivity contribution >= 4 is 11.3 Å². The molecule has 0 saturated heterocycles. The number of aromatic nitrogens is 1. The highest BCUT2D eigenvalue weighted by molar-refractivity contribution is 7.09. The summed E-state index contributed by atoms with van der Waals surface area (Å²) in [5.41, 5.74) is 2.68. The zero-order chi connectivity index (χ0) is 13.0. The Balaban J connectivity index is 2.17. The van der Waals surface area contributed by atoms with Crippen LogP contribution in [0.3, 0.4) is 0 Å². The van der Waals surface area contributed by atoms with Crippen LogP contribution in [0, 0.1) is 5.92 Å². The number of nitrogens with zero attached hydrogens (tertiary/aromatic N) is 1. The van der Waals surface area contributed by atoms with Gasteiger partial charge in [-0.3, -0.25) is 0 Å². The Hall–Kier alpha value is -1.19. The summed E-state index contributed by atoms with van der Waals surface area (Å²) in [5, 5.41) is 6.47. The van der Waals surface area contributed by atoms with Crippen molar-refractivity contribution in [1.29, 1.82) is 0 Å². The molecule has 0 bridgehead atoms. The average molecular weight is 260 g/mol. The van der Waals surface area contributed by atoms with Gasteiger partial charge in [0.05, 0.1) is 6.04 Å². The van der Waals surface area contributed by atoms with E-state index in [0.29, 0.717) is 5.92 Å². The molecule has 1 N–H and O–H groups in total. The highest BCUT2D eigenvalue weighted by Gasteiger charge is 2.14. The van der Waals surface area contributed by atoms with Crippen molar-refractivity contribution in [2.45, 2.75) is 26.3 Å². The summed E-state index contributed by atoms with van der Waals surface area (Å²) in [6.07, 6.45) is 3.00. The quantitative estimate of drug-likeness (QED) is 0.887. The Bertz CT molecular complexity index is 460. The lowest BCUT2D eigenvalue weighted by Gasteiger charge is -2.14. The maximum atomic E-state index is 4.39. The SMILES string of the molecule is CNC(c1ccc(CC(C)C)cc1)c1nccs1. The zero-order valence-electron chi connectivity index (χ0n) is 11.2. The van der Waals surface area contributed by atoms with Crippen LogP contribution in [-0.2, 0) is 6.42 Å². The lowest BCUT2D eigenvalue weighted by atomic mass is 9.99. The first-order valence-corrected chi connectivity index (χ1v) is 7.24. The monoisotopic (exact) mass is 260 g/mol. The van der Waals surface area contributed by atoms with E-state index in [4.69, 9.17) is 0 Å². The highest BCUT2D eigenvalue weighted by Crippen LogP contribution is 2.24.